The van der Waals surface area contributed by atoms with Gasteiger partial charge >= 0.3 is 0 Å². The molecule has 2 aromatic rings. The van der Waals surface area contributed by atoms with Gasteiger partial charge < -0.3 is 19.8 Å². The highest BCUT2D eigenvalue weighted by molar-refractivity contribution is 5.91. The van der Waals surface area contributed by atoms with Crippen molar-refractivity contribution in [2.24, 2.45) is 0 Å². The van der Waals surface area contributed by atoms with E-state index in [-0.39, 0.29) is 11.8 Å². The fraction of sp³-hybridized carbons (Fsp3) is 0.444. The van der Waals surface area contributed by atoms with Crippen molar-refractivity contribution in [3.05, 3.63) is 47.7 Å². The minimum Gasteiger partial charge on any atom is -0.497 e. The Morgan fingerprint density at radius 2 is 2.25 bits per heavy atom. The lowest BCUT2D eigenvalue weighted by Crippen LogP contribution is -2.29. The smallest absolute Gasteiger partial charge is 0.273 e. The summed E-state index contributed by atoms with van der Waals surface area (Å²) in [6.45, 7) is 2.45. The Morgan fingerprint density at radius 3 is 2.96 bits per heavy atom. The molecule has 1 amide bonds. The summed E-state index contributed by atoms with van der Waals surface area (Å²) in [4.78, 5) is 16.5. The average Bonchev–Trinajstić information content (AvgIpc) is 3.13. The van der Waals surface area contributed by atoms with Crippen molar-refractivity contribution in [2.75, 3.05) is 26.7 Å². The van der Waals surface area contributed by atoms with Gasteiger partial charge in [0.1, 0.15) is 12.0 Å². The van der Waals surface area contributed by atoms with E-state index in [0.29, 0.717) is 18.1 Å². The lowest BCUT2D eigenvalue weighted by atomic mass is 10.00. The SMILES string of the molecule is COc1ccc(CCNC(=O)c2coc(C3CCCNC3)n2)cc1. The van der Waals surface area contributed by atoms with E-state index < -0.39 is 0 Å². The summed E-state index contributed by atoms with van der Waals surface area (Å²) in [6.07, 6.45) is 4.36. The molecule has 6 nitrogen and oxygen atoms in total. The van der Waals surface area contributed by atoms with Gasteiger partial charge in [0.25, 0.3) is 5.91 Å². The first-order valence-corrected chi connectivity index (χ1v) is 8.33. The number of aromatic nitrogens is 1. The van der Waals surface area contributed by atoms with Gasteiger partial charge in [-0.15, -0.1) is 0 Å². The number of ether oxygens (including phenoxy) is 1. The number of benzene rings is 1. The number of piperidine rings is 1. The number of carbonyl (C=O) groups is 1. The second-order valence-electron chi connectivity index (χ2n) is 5.97. The van der Waals surface area contributed by atoms with E-state index >= 15 is 0 Å². The lowest BCUT2D eigenvalue weighted by Gasteiger charge is -2.19. The van der Waals surface area contributed by atoms with Crippen LogP contribution in [0.2, 0.25) is 0 Å². The molecule has 1 aromatic carbocycles. The molecule has 1 aliphatic heterocycles. The molecule has 1 saturated heterocycles. The van der Waals surface area contributed by atoms with Gasteiger partial charge in [0.2, 0.25) is 0 Å². The van der Waals surface area contributed by atoms with Crippen LogP contribution in [0.15, 0.2) is 34.9 Å². The molecule has 2 heterocycles. The van der Waals surface area contributed by atoms with Crippen LogP contribution in [0.5, 0.6) is 5.75 Å². The highest BCUT2D eigenvalue weighted by atomic mass is 16.5. The third kappa shape index (κ3) is 4.14. The number of rotatable bonds is 6. The number of oxazole rings is 1. The van der Waals surface area contributed by atoms with E-state index in [4.69, 9.17) is 9.15 Å². The van der Waals surface area contributed by atoms with E-state index in [2.05, 4.69) is 15.6 Å². The fourth-order valence-corrected chi connectivity index (χ4v) is 2.85. The molecule has 1 aliphatic rings. The lowest BCUT2D eigenvalue weighted by molar-refractivity contribution is 0.0949. The third-order valence-corrected chi connectivity index (χ3v) is 4.26. The third-order valence-electron chi connectivity index (χ3n) is 4.26. The Kier molecular flexibility index (Phi) is 5.48. The Balaban J connectivity index is 1.48. The Bertz CT molecular complexity index is 660. The van der Waals surface area contributed by atoms with Crippen LogP contribution in [0.4, 0.5) is 0 Å². The maximum absolute atomic E-state index is 12.2. The van der Waals surface area contributed by atoms with Crippen LogP contribution >= 0.6 is 0 Å². The molecule has 2 N–H and O–H groups in total. The monoisotopic (exact) mass is 329 g/mol. The molecule has 128 valence electrons. The predicted octanol–water partition coefficient (Wildman–Crippen LogP) is 2.12. The first kappa shape index (κ1) is 16.5. The number of carbonyl (C=O) groups excluding carboxylic acids is 1. The molecule has 24 heavy (non-hydrogen) atoms. The Morgan fingerprint density at radius 1 is 1.42 bits per heavy atom. The summed E-state index contributed by atoms with van der Waals surface area (Å²) in [7, 11) is 1.64. The Labute approximate surface area is 141 Å². The maximum atomic E-state index is 12.2. The molecule has 1 atom stereocenters. The molecule has 0 aliphatic carbocycles. The minimum absolute atomic E-state index is 0.192. The van der Waals surface area contributed by atoms with Crippen LogP contribution in [0.1, 0.15) is 40.7 Å². The molecule has 0 saturated carbocycles. The number of amides is 1. The second kappa shape index (κ2) is 7.97. The summed E-state index contributed by atoms with van der Waals surface area (Å²) >= 11 is 0. The molecule has 6 heteroatoms. The Hall–Kier alpha value is -2.34. The second-order valence-corrected chi connectivity index (χ2v) is 5.97. The maximum Gasteiger partial charge on any atom is 0.273 e. The van der Waals surface area contributed by atoms with Gasteiger partial charge in [-0.1, -0.05) is 12.1 Å². The van der Waals surface area contributed by atoms with Crippen LogP contribution in [-0.4, -0.2) is 37.6 Å². The summed E-state index contributed by atoms with van der Waals surface area (Å²) in [5.74, 6) is 1.56. The van der Waals surface area contributed by atoms with Crippen molar-refractivity contribution in [3.8, 4) is 5.75 Å². The van der Waals surface area contributed by atoms with Crippen molar-refractivity contribution < 1.29 is 13.9 Å². The molecule has 1 unspecified atom stereocenters. The molecular weight excluding hydrogens is 306 g/mol. The summed E-state index contributed by atoms with van der Waals surface area (Å²) in [5.41, 5.74) is 1.50. The van der Waals surface area contributed by atoms with Crippen molar-refractivity contribution in [1.82, 2.24) is 15.6 Å². The number of hydrogen-bond acceptors (Lipinski definition) is 5. The van der Waals surface area contributed by atoms with Gasteiger partial charge in [-0.2, -0.15) is 0 Å². The molecule has 0 radical (unpaired) electrons. The molecule has 1 fully saturated rings. The van der Waals surface area contributed by atoms with Gasteiger partial charge in [-0.05, 0) is 43.5 Å². The van der Waals surface area contributed by atoms with Crippen LogP contribution in [-0.2, 0) is 6.42 Å². The molecule has 0 spiro atoms. The van der Waals surface area contributed by atoms with E-state index in [9.17, 15) is 4.79 Å². The quantitative estimate of drug-likeness (QED) is 0.849. The van der Waals surface area contributed by atoms with Crippen molar-refractivity contribution in [2.45, 2.75) is 25.2 Å². The highest BCUT2D eigenvalue weighted by Gasteiger charge is 2.21. The minimum atomic E-state index is -0.192. The zero-order chi connectivity index (χ0) is 16.8. The van der Waals surface area contributed by atoms with Crippen molar-refractivity contribution in [1.29, 1.82) is 0 Å². The molecule has 0 bridgehead atoms. The number of nitrogens with one attached hydrogen (secondary N) is 2. The summed E-state index contributed by atoms with van der Waals surface area (Å²) in [6, 6.07) is 7.82. The molecule has 1 aromatic heterocycles. The van der Waals surface area contributed by atoms with Crippen molar-refractivity contribution >= 4 is 5.91 Å². The summed E-state index contributed by atoms with van der Waals surface area (Å²) < 4.78 is 10.6. The number of methoxy groups -OCH3 is 1. The standard InChI is InChI=1S/C18H23N3O3/c1-23-15-6-4-13(5-7-15)8-10-20-17(22)16-12-24-18(21-16)14-3-2-9-19-11-14/h4-7,12,14,19H,2-3,8-11H2,1H3,(H,20,22). The van der Waals surface area contributed by atoms with E-state index in [1.54, 1.807) is 7.11 Å². The number of hydrogen-bond donors (Lipinski definition) is 2. The largest absolute Gasteiger partial charge is 0.497 e. The van der Waals surface area contributed by atoms with E-state index in [1.165, 1.54) is 6.26 Å². The number of nitrogens with zero attached hydrogens (tertiary/aromatic N) is 1. The van der Waals surface area contributed by atoms with Gasteiger partial charge in [-0.25, -0.2) is 4.98 Å². The van der Waals surface area contributed by atoms with Gasteiger partial charge in [0.15, 0.2) is 11.6 Å². The molecule has 3 rings (SSSR count). The van der Waals surface area contributed by atoms with E-state index in [0.717, 1.165) is 43.7 Å². The zero-order valence-electron chi connectivity index (χ0n) is 13.9. The van der Waals surface area contributed by atoms with Crippen LogP contribution in [0.3, 0.4) is 0 Å². The van der Waals surface area contributed by atoms with Gasteiger partial charge in [-0.3, -0.25) is 4.79 Å². The van der Waals surface area contributed by atoms with Crippen LogP contribution in [0, 0.1) is 0 Å². The fourth-order valence-electron chi connectivity index (χ4n) is 2.85. The molecular formula is C18H23N3O3. The van der Waals surface area contributed by atoms with Crippen LogP contribution in [0.25, 0.3) is 0 Å². The highest BCUT2D eigenvalue weighted by Crippen LogP contribution is 2.22. The van der Waals surface area contributed by atoms with Gasteiger partial charge in [0.05, 0.1) is 7.11 Å². The average molecular weight is 329 g/mol. The predicted molar refractivity (Wildman–Crippen MR) is 90.4 cm³/mol. The first-order valence-electron chi connectivity index (χ1n) is 8.33. The van der Waals surface area contributed by atoms with Crippen molar-refractivity contribution in [3.63, 3.8) is 0 Å². The normalized spacial score (nSPS) is 17.5. The van der Waals surface area contributed by atoms with E-state index in [1.807, 2.05) is 24.3 Å². The summed E-state index contributed by atoms with van der Waals surface area (Å²) in [5, 5.41) is 6.21. The first-order chi connectivity index (χ1) is 11.8. The van der Waals surface area contributed by atoms with Crippen LogP contribution < -0.4 is 15.4 Å². The van der Waals surface area contributed by atoms with Gasteiger partial charge in [0, 0.05) is 19.0 Å². The topological polar surface area (TPSA) is 76.4 Å². The zero-order valence-corrected chi connectivity index (χ0v) is 13.9.